The van der Waals surface area contributed by atoms with Gasteiger partial charge in [0.25, 0.3) is 0 Å². The summed E-state index contributed by atoms with van der Waals surface area (Å²) >= 11 is 0. The molecule has 0 aromatic rings. The molecule has 1 atom stereocenters. The second kappa shape index (κ2) is 4.46. The van der Waals surface area contributed by atoms with Crippen molar-refractivity contribution in [1.82, 2.24) is 4.31 Å². The Kier molecular flexibility index (Phi) is 3.19. The molecule has 1 unspecified atom stereocenters. The van der Waals surface area contributed by atoms with Crippen molar-refractivity contribution in [1.29, 1.82) is 0 Å². The lowest BCUT2D eigenvalue weighted by atomic mass is 9.87. The van der Waals surface area contributed by atoms with E-state index < -0.39 is 10.0 Å². The molecule has 2 aliphatic carbocycles. The molecule has 0 radical (unpaired) electrons. The smallest absolute Gasteiger partial charge is 0.214 e. The van der Waals surface area contributed by atoms with Crippen LogP contribution in [0.3, 0.4) is 0 Å². The fourth-order valence-electron chi connectivity index (χ4n) is 4.34. The third-order valence-electron chi connectivity index (χ3n) is 5.27. The van der Waals surface area contributed by atoms with E-state index in [1.165, 1.54) is 12.8 Å². The summed E-state index contributed by atoms with van der Waals surface area (Å²) in [7, 11) is -3.18. The Hall–Kier alpha value is -0.130. The number of aliphatic hydroxyl groups excluding tert-OH is 1. The van der Waals surface area contributed by atoms with Gasteiger partial charge in [0.2, 0.25) is 10.0 Å². The lowest BCUT2D eigenvalue weighted by molar-refractivity contribution is 0.211. The molecule has 3 aliphatic rings. The summed E-state index contributed by atoms with van der Waals surface area (Å²) in [6.07, 6.45) is 7.44. The average Bonchev–Trinajstić information content (AvgIpc) is 3.02. The van der Waals surface area contributed by atoms with Gasteiger partial charge in [-0.2, -0.15) is 4.31 Å². The summed E-state index contributed by atoms with van der Waals surface area (Å²) in [5.74, 6) is 1.11. The van der Waals surface area contributed by atoms with Gasteiger partial charge in [-0.25, -0.2) is 8.42 Å². The van der Waals surface area contributed by atoms with Gasteiger partial charge in [-0.15, -0.1) is 0 Å². The lowest BCUT2D eigenvalue weighted by Crippen LogP contribution is -2.42. The Morgan fingerprint density at radius 1 is 1.22 bits per heavy atom. The maximum absolute atomic E-state index is 12.6. The largest absolute Gasteiger partial charge is 0.395 e. The predicted octanol–water partition coefficient (Wildman–Crippen LogP) is 1.35. The molecule has 5 heteroatoms. The van der Waals surface area contributed by atoms with Crippen molar-refractivity contribution in [2.75, 3.05) is 18.9 Å². The highest BCUT2D eigenvalue weighted by Gasteiger charge is 2.49. The first-order chi connectivity index (χ1) is 8.55. The van der Waals surface area contributed by atoms with Gasteiger partial charge in [-0.3, -0.25) is 0 Å². The fraction of sp³-hybridized carbons (Fsp3) is 1.00. The maximum Gasteiger partial charge on any atom is 0.214 e. The standard InChI is InChI=1S/C13H23NO3S/c15-9-12-2-1-7-14(12)18(16,17)10-13-5-3-11(8-13)4-6-13/h11-12,15H,1-10H2. The molecule has 0 spiro atoms. The molecule has 1 aliphatic heterocycles. The molecule has 1 saturated heterocycles. The predicted molar refractivity (Wildman–Crippen MR) is 69.6 cm³/mol. The van der Waals surface area contributed by atoms with Crippen molar-refractivity contribution in [3.8, 4) is 0 Å². The van der Waals surface area contributed by atoms with E-state index in [0.717, 1.165) is 38.0 Å². The minimum Gasteiger partial charge on any atom is -0.395 e. The van der Waals surface area contributed by atoms with Gasteiger partial charge in [-0.1, -0.05) is 0 Å². The minimum absolute atomic E-state index is 0.0329. The van der Waals surface area contributed by atoms with E-state index in [9.17, 15) is 13.5 Å². The summed E-state index contributed by atoms with van der Waals surface area (Å²) in [5, 5.41) is 9.28. The zero-order valence-electron chi connectivity index (χ0n) is 10.8. The van der Waals surface area contributed by atoms with E-state index in [0.29, 0.717) is 12.3 Å². The molecule has 1 heterocycles. The highest BCUT2D eigenvalue weighted by molar-refractivity contribution is 7.89. The highest BCUT2D eigenvalue weighted by Crippen LogP contribution is 2.54. The molecule has 104 valence electrons. The first kappa shape index (κ1) is 12.9. The molecule has 0 aromatic carbocycles. The van der Waals surface area contributed by atoms with E-state index in [1.54, 1.807) is 4.31 Å². The normalized spacial score (nSPS) is 40.7. The van der Waals surface area contributed by atoms with Crippen LogP contribution in [-0.2, 0) is 10.0 Å². The fourth-order valence-corrected chi connectivity index (χ4v) is 6.72. The van der Waals surface area contributed by atoms with Gasteiger partial charge in [0.1, 0.15) is 0 Å². The Bertz CT molecular complexity index is 412. The Labute approximate surface area is 109 Å². The Morgan fingerprint density at radius 3 is 2.50 bits per heavy atom. The molecule has 3 rings (SSSR count). The third kappa shape index (κ3) is 2.10. The minimum atomic E-state index is -3.18. The van der Waals surface area contributed by atoms with E-state index in [-0.39, 0.29) is 18.1 Å². The van der Waals surface area contributed by atoms with Gasteiger partial charge in [0.15, 0.2) is 0 Å². The Balaban J connectivity index is 1.75. The van der Waals surface area contributed by atoms with Crippen LogP contribution in [0.15, 0.2) is 0 Å². The van der Waals surface area contributed by atoms with Crippen LogP contribution in [0.1, 0.15) is 44.9 Å². The molecule has 0 aromatic heterocycles. The molecule has 18 heavy (non-hydrogen) atoms. The van der Waals surface area contributed by atoms with Gasteiger partial charge >= 0.3 is 0 Å². The summed E-state index contributed by atoms with van der Waals surface area (Å²) in [5.41, 5.74) is 0.0755. The highest BCUT2D eigenvalue weighted by atomic mass is 32.2. The van der Waals surface area contributed by atoms with Gasteiger partial charge in [-0.05, 0) is 56.3 Å². The number of hydrogen-bond donors (Lipinski definition) is 1. The third-order valence-corrected chi connectivity index (χ3v) is 7.44. The van der Waals surface area contributed by atoms with Crippen LogP contribution >= 0.6 is 0 Å². The van der Waals surface area contributed by atoms with E-state index >= 15 is 0 Å². The number of rotatable bonds is 4. The average molecular weight is 273 g/mol. The number of sulfonamides is 1. The van der Waals surface area contributed by atoms with Crippen LogP contribution in [0.4, 0.5) is 0 Å². The van der Waals surface area contributed by atoms with Crippen LogP contribution in [0.25, 0.3) is 0 Å². The van der Waals surface area contributed by atoms with Crippen LogP contribution in [-0.4, -0.2) is 42.8 Å². The molecular weight excluding hydrogens is 250 g/mol. The summed E-state index contributed by atoms with van der Waals surface area (Å²) < 4.78 is 26.7. The van der Waals surface area contributed by atoms with Gasteiger partial charge in [0, 0.05) is 12.6 Å². The second-order valence-corrected chi connectivity index (χ2v) is 8.41. The second-order valence-electron chi connectivity index (χ2n) is 6.49. The first-order valence-corrected chi connectivity index (χ1v) is 8.76. The van der Waals surface area contributed by atoms with Crippen molar-refractivity contribution in [2.24, 2.45) is 11.3 Å². The van der Waals surface area contributed by atoms with Gasteiger partial charge in [0.05, 0.1) is 12.4 Å². The number of fused-ring (bicyclic) bond motifs is 2. The maximum atomic E-state index is 12.6. The van der Waals surface area contributed by atoms with Crippen LogP contribution in [0.2, 0.25) is 0 Å². The topological polar surface area (TPSA) is 57.6 Å². The van der Waals surface area contributed by atoms with E-state index in [4.69, 9.17) is 0 Å². The lowest BCUT2D eigenvalue weighted by Gasteiger charge is -2.30. The Morgan fingerprint density at radius 2 is 1.94 bits per heavy atom. The van der Waals surface area contributed by atoms with E-state index in [1.807, 2.05) is 0 Å². The van der Waals surface area contributed by atoms with Crippen LogP contribution in [0.5, 0.6) is 0 Å². The van der Waals surface area contributed by atoms with Crippen molar-refractivity contribution in [3.05, 3.63) is 0 Å². The van der Waals surface area contributed by atoms with Crippen molar-refractivity contribution >= 4 is 10.0 Å². The van der Waals surface area contributed by atoms with Crippen molar-refractivity contribution in [3.63, 3.8) is 0 Å². The number of aliphatic hydroxyl groups is 1. The molecule has 4 nitrogen and oxygen atoms in total. The molecular formula is C13H23NO3S. The van der Waals surface area contributed by atoms with E-state index in [2.05, 4.69) is 0 Å². The molecule has 2 bridgehead atoms. The molecule has 2 saturated carbocycles. The summed E-state index contributed by atoms with van der Waals surface area (Å²) in [6, 6.07) is -0.162. The van der Waals surface area contributed by atoms with Crippen molar-refractivity contribution in [2.45, 2.75) is 51.0 Å². The van der Waals surface area contributed by atoms with Crippen LogP contribution < -0.4 is 0 Å². The zero-order chi connectivity index (χ0) is 12.8. The van der Waals surface area contributed by atoms with Crippen LogP contribution in [0, 0.1) is 11.3 Å². The monoisotopic (exact) mass is 273 g/mol. The SMILES string of the molecule is O=S(=O)(CC12CCC(CC1)C2)N1CCCC1CO. The summed E-state index contributed by atoms with van der Waals surface area (Å²) in [6.45, 7) is 0.571. The quantitative estimate of drug-likeness (QED) is 0.841. The molecule has 0 amide bonds. The molecule has 1 N–H and O–H groups in total. The number of hydrogen-bond acceptors (Lipinski definition) is 3. The van der Waals surface area contributed by atoms with Crippen molar-refractivity contribution < 1.29 is 13.5 Å². The number of nitrogens with zero attached hydrogens (tertiary/aromatic N) is 1. The zero-order valence-corrected chi connectivity index (χ0v) is 11.7. The molecule has 3 fully saturated rings. The van der Waals surface area contributed by atoms with Gasteiger partial charge < -0.3 is 5.11 Å². The first-order valence-electron chi connectivity index (χ1n) is 7.15. The summed E-state index contributed by atoms with van der Waals surface area (Å²) in [4.78, 5) is 0.